The molecule has 1 amide bonds. The lowest BCUT2D eigenvalue weighted by Crippen LogP contribution is -2.44. The molecule has 8 heteroatoms. The minimum absolute atomic E-state index is 0.242. The van der Waals surface area contributed by atoms with Crippen LogP contribution in [0.3, 0.4) is 0 Å². The predicted molar refractivity (Wildman–Crippen MR) is 122 cm³/mol. The molecule has 1 aromatic carbocycles. The van der Waals surface area contributed by atoms with Gasteiger partial charge in [0.15, 0.2) is 0 Å². The van der Waals surface area contributed by atoms with Gasteiger partial charge in [0.05, 0.1) is 12.3 Å². The van der Waals surface area contributed by atoms with Gasteiger partial charge in [-0.1, -0.05) is 26.0 Å². The molecule has 0 aliphatic carbocycles. The summed E-state index contributed by atoms with van der Waals surface area (Å²) < 4.78 is 5.42. The number of ether oxygens (including phenoxy) is 1. The molecule has 0 bridgehead atoms. The Hall–Kier alpha value is -2.87. The molecule has 0 unspecified atom stereocenters. The third kappa shape index (κ3) is 5.07. The molecule has 0 radical (unpaired) electrons. The summed E-state index contributed by atoms with van der Waals surface area (Å²) in [4.78, 5) is 27.7. The van der Waals surface area contributed by atoms with E-state index in [9.17, 15) is 4.79 Å². The van der Waals surface area contributed by atoms with Gasteiger partial charge in [0.1, 0.15) is 5.82 Å². The van der Waals surface area contributed by atoms with Crippen molar-refractivity contribution in [1.82, 2.24) is 19.8 Å². The molecule has 31 heavy (non-hydrogen) atoms. The summed E-state index contributed by atoms with van der Waals surface area (Å²) >= 11 is 0. The maximum absolute atomic E-state index is 12.4. The minimum atomic E-state index is -0.242. The highest BCUT2D eigenvalue weighted by Gasteiger charge is 2.23. The summed E-state index contributed by atoms with van der Waals surface area (Å²) in [6, 6.07) is 8.35. The van der Waals surface area contributed by atoms with Crippen LogP contribution >= 0.6 is 0 Å². The van der Waals surface area contributed by atoms with Crippen molar-refractivity contribution in [2.24, 2.45) is 5.92 Å². The number of rotatable bonds is 4. The Morgan fingerprint density at radius 2 is 1.87 bits per heavy atom. The zero-order valence-electron chi connectivity index (χ0n) is 18.7. The molecule has 1 saturated heterocycles. The number of hydrogen-bond acceptors (Lipinski definition) is 7. The minimum Gasteiger partial charge on any atom is -0.449 e. The van der Waals surface area contributed by atoms with Crippen molar-refractivity contribution in [2.75, 3.05) is 57.0 Å². The molecule has 2 aromatic rings. The summed E-state index contributed by atoms with van der Waals surface area (Å²) in [7, 11) is 2.13. The normalized spacial score (nSPS) is 17.0. The van der Waals surface area contributed by atoms with Crippen LogP contribution in [-0.4, -0.2) is 72.2 Å². The lowest BCUT2D eigenvalue weighted by atomic mass is 9.96. The SMILES string of the molecule is CC(C)COC(=O)N1CCc2ccc(-c3cc(N4CCN(C)CC4)nc(N)n3)cc2C1. The van der Waals surface area contributed by atoms with Gasteiger partial charge in [-0.05, 0) is 36.6 Å². The molecule has 3 heterocycles. The first kappa shape index (κ1) is 21.4. The van der Waals surface area contributed by atoms with Gasteiger partial charge in [-0.2, -0.15) is 4.98 Å². The van der Waals surface area contributed by atoms with Gasteiger partial charge in [-0.3, -0.25) is 0 Å². The maximum Gasteiger partial charge on any atom is 0.410 e. The first-order valence-electron chi connectivity index (χ1n) is 11.0. The number of hydrogen-bond donors (Lipinski definition) is 1. The molecular weight excluding hydrogens is 392 g/mol. The zero-order valence-corrected chi connectivity index (χ0v) is 18.7. The average molecular weight is 425 g/mol. The number of likely N-dealkylation sites (N-methyl/N-ethyl adjacent to an activating group) is 1. The van der Waals surface area contributed by atoms with Crippen LogP contribution in [0.25, 0.3) is 11.3 Å². The van der Waals surface area contributed by atoms with E-state index in [4.69, 9.17) is 10.5 Å². The van der Waals surface area contributed by atoms with Crippen molar-refractivity contribution in [3.8, 4) is 11.3 Å². The quantitative estimate of drug-likeness (QED) is 0.807. The van der Waals surface area contributed by atoms with Crippen LogP contribution in [0.1, 0.15) is 25.0 Å². The first-order chi connectivity index (χ1) is 14.9. The molecule has 0 saturated carbocycles. The van der Waals surface area contributed by atoms with Crippen LogP contribution < -0.4 is 10.6 Å². The van der Waals surface area contributed by atoms with Gasteiger partial charge in [0.25, 0.3) is 0 Å². The lowest BCUT2D eigenvalue weighted by Gasteiger charge is -2.33. The van der Waals surface area contributed by atoms with Crippen LogP contribution in [0.4, 0.5) is 16.6 Å². The average Bonchev–Trinajstić information content (AvgIpc) is 2.76. The first-order valence-corrected chi connectivity index (χ1v) is 11.0. The number of piperazine rings is 1. The van der Waals surface area contributed by atoms with Crippen LogP contribution in [0.2, 0.25) is 0 Å². The van der Waals surface area contributed by atoms with Crippen molar-refractivity contribution in [1.29, 1.82) is 0 Å². The van der Waals surface area contributed by atoms with Gasteiger partial charge in [-0.25, -0.2) is 9.78 Å². The third-order valence-corrected chi connectivity index (χ3v) is 5.87. The summed E-state index contributed by atoms with van der Waals surface area (Å²) in [5.41, 5.74) is 10.2. The van der Waals surface area contributed by atoms with E-state index in [0.717, 1.165) is 55.2 Å². The second kappa shape index (κ2) is 9.09. The number of fused-ring (bicyclic) bond motifs is 1. The fourth-order valence-electron chi connectivity index (χ4n) is 4.00. The monoisotopic (exact) mass is 424 g/mol. The van der Waals surface area contributed by atoms with Gasteiger partial charge in [-0.15, -0.1) is 0 Å². The van der Waals surface area contributed by atoms with Gasteiger partial charge < -0.3 is 25.2 Å². The van der Waals surface area contributed by atoms with E-state index in [2.05, 4.69) is 45.0 Å². The molecule has 4 rings (SSSR count). The van der Waals surface area contributed by atoms with Crippen molar-refractivity contribution in [3.05, 3.63) is 35.4 Å². The highest BCUT2D eigenvalue weighted by molar-refractivity contribution is 5.69. The van der Waals surface area contributed by atoms with E-state index in [1.54, 1.807) is 4.90 Å². The Morgan fingerprint density at radius 3 is 2.61 bits per heavy atom. The molecule has 2 aliphatic rings. The van der Waals surface area contributed by atoms with E-state index >= 15 is 0 Å². The topological polar surface area (TPSA) is 87.8 Å². The number of carbonyl (C=O) groups is 1. The van der Waals surface area contributed by atoms with Crippen LogP contribution in [-0.2, 0) is 17.7 Å². The molecule has 8 nitrogen and oxygen atoms in total. The number of amides is 1. The molecule has 166 valence electrons. The van der Waals surface area contributed by atoms with Crippen molar-refractivity contribution in [3.63, 3.8) is 0 Å². The van der Waals surface area contributed by atoms with Crippen molar-refractivity contribution < 1.29 is 9.53 Å². The van der Waals surface area contributed by atoms with Crippen LogP contribution in [0, 0.1) is 5.92 Å². The van der Waals surface area contributed by atoms with E-state index < -0.39 is 0 Å². The lowest BCUT2D eigenvalue weighted by molar-refractivity contribution is 0.0879. The van der Waals surface area contributed by atoms with E-state index in [0.29, 0.717) is 25.6 Å². The zero-order chi connectivity index (χ0) is 22.0. The molecule has 1 aromatic heterocycles. The van der Waals surface area contributed by atoms with E-state index in [1.807, 2.05) is 19.9 Å². The standard InChI is InChI=1S/C23H32N6O2/c1-16(2)15-31-23(30)29-7-6-17-4-5-18(12-19(17)14-29)20-13-21(26-22(24)25-20)28-10-8-27(3)9-11-28/h4-5,12-13,16H,6-11,14-15H2,1-3H3,(H2,24,25,26). The number of benzene rings is 1. The van der Waals surface area contributed by atoms with Crippen molar-refractivity contribution >= 4 is 17.9 Å². The predicted octanol–water partition coefficient (Wildman–Crippen LogP) is 2.63. The highest BCUT2D eigenvalue weighted by Crippen LogP contribution is 2.28. The van der Waals surface area contributed by atoms with E-state index in [-0.39, 0.29) is 12.0 Å². The van der Waals surface area contributed by atoms with Gasteiger partial charge in [0, 0.05) is 50.9 Å². The molecule has 0 atom stereocenters. The number of nitrogens with two attached hydrogens (primary N) is 1. The van der Waals surface area contributed by atoms with Crippen LogP contribution in [0.5, 0.6) is 0 Å². The largest absolute Gasteiger partial charge is 0.449 e. The summed E-state index contributed by atoms with van der Waals surface area (Å²) in [6.45, 7) is 9.58. The molecule has 2 aliphatic heterocycles. The summed E-state index contributed by atoms with van der Waals surface area (Å²) in [5.74, 6) is 1.47. The molecular formula is C23H32N6O2. The second-order valence-corrected chi connectivity index (χ2v) is 8.89. The highest BCUT2D eigenvalue weighted by atomic mass is 16.6. The summed E-state index contributed by atoms with van der Waals surface area (Å²) in [6.07, 6.45) is 0.582. The summed E-state index contributed by atoms with van der Waals surface area (Å²) in [5, 5.41) is 0. The number of anilines is 2. The smallest absolute Gasteiger partial charge is 0.410 e. The number of aromatic nitrogens is 2. The Labute approximate surface area is 184 Å². The molecule has 0 spiro atoms. The number of carbonyl (C=O) groups excluding carboxylic acids is 1. The third-order valence-electron chi connectivity index (χ3n) is 5.87. The Bertz CT molecular complexity index is 940. The van der Waals surface area contributed by atoms with Gasteiger partial charge >= 0.3 is 6.09 Å². The molecule has 2 N–H and O–H groups in total. The van der Waals surface area contributed by atoms with E-state index in [1.165, 1.54) is 5.56 Å². The Balaban J connectivity index is 1.54. The molecule has 1 fully saturated rings. The van der Waals surface area contributed by atoms with Gasteiger partial charge in [0.2, 0.25) is 5.95 Å². The Morgan fingerprint density at radius 1 is 1.10 bits per heavy atom. The fraction of sp³-hybridized carbons (Fsp3) is 0.522. The number of nitrogen functional groups attached to an aromatic ring is 1. The maximum atomic E-state index is 12.4. The Kier molecular flexibility index (Phi) is 6.27. The van der Waals surface area contributed by atoms with Crippen LogP contribution in [0.15, 0.2) is 24.3 Å². The van der Waals surface area contributed by atoms with Crippen molar-refractivity contribution in [2.45, 2.75) is 26.8 Å². The fourth-order valence-corrected chi connectivity index (χ4v) is 4.00. The number of nitrogens with zero attached hydrogens (tertiary/aromatic N) is 5. The second-order valence-electron chi connectivity index (χ2n) is 8.89.